The van der Waals surface area contributed by atoms with Crippen LogP contribution in [0.3, 0.4) is 0 Å². The Balaban J connectivity index is 3.21. The fourth-order valence-electron chi connectivity index (χ4n) is 0.765. The summed E-state index contributed by atoms with van der Waals surface area (Å²) in [5.41, 5.74) is 12.6. The van der Waals surface area contributed by atoms with Crippen LogP contribution in [0.15, 0.2) is 48.5 Å². The molecule has 0 aliphatic carbocycles. The van der Waals surface area contributed by atoms with E-state index < -0.39 is 0 Å². The van der Waals surface area contributed by atoms with Gasteiger partial charge in [-0.25, -0.2) is 0 Å². The molecular formula is C10H12N2. The van der Waals surface area contributed by atoms with Gasteiger partial charge in [0.25, 0.3) is 0 Å². The van der Waals surface area contributed by atoms with E-state index in [1.54, 1.807) is 12.1 Å². The van der Waals surface area contributed by atoms with Gasteiger partial charge in [-0.15, -0.1) is 0 Å². The predicted octanol–water partition coefficient (Wildman–Crippen LogP) is 1.98. The minimum atomic E-state index is 0.693. The Morgan fingerprint density at radius 1 is 0.583 bits per heavy atom. The molecule has 0 atom stereocenters. The van der Waals surface area contributed by atoms with Crippen molar-refractivity contribution in [2.75, 3.05) is 11.5 Å². The Hall–Kier alpha value is -1.70. The zero-order valence-corrected chi connectivity index (χ0v) is 6.77. The second-order valence-electron chi connectivity index (χ2n) is 2.44. The molecule has 1 aromatic rings. The van der Waals surface area contributed by atoms with E-state index in [2.05, 4.69) is 0 Å². The third kappa shape index (κ3) is 2.92. The maximum atomic E-state index is 5.60. The minimum Gasteiger partial charge on any atom is -0.399 e. The Kier molecular flexibility index (Phi) is 2.96. The maximum absolute atomic E-state index is 5.60. The van der Waals surface area contributed by atoms with Crippen molar-refractivity contribution in [1.82, 2.24) is 0 Å². The van der Waals surface area contributed by atoms with Crippen molar-refractivity contribution in [3.8, 4) is 0 Å². The fraction of sp³-hybridized carbons (Fsp3) is 0. The topological polar surface area (TPSA) is 52.0 Å². The first kappa shape index (κ1) is 8.40. The monoisotopic (exact) mass is 160 g/mol. The Morgan fingerprint density at radius 3 is 1.42 bits per heavy atom. The minimum absolute atomic E-state index is 0.693. The highest BCUT2D eigenvalue weighted by atomic mass is 14.6. The Bertz CT molecular complexity index is 275. The van der Waals surface area contributed by atoms with E-state index in [9.17, 15) is 0 Å². The molecule has 2 heteroatoms. The summed E-state index contributed by atoms with van der Waals surface area (Å²) >= 11 is 0. The summed E-state index contributed by atoms with van der Waals surface area (Å²) in [5, 5.41) is 0. The average Bonchev–Trinajstić information content (AvgIpc) is 2.07. The van der Waals surface area contributed by atoms with Gasteiger partial charge in [-0.3, -0.25) is 0 Å². The van der Waals surface area contributed by atoms with E-state index in [1.165, 1.54) is 0 Å². The first-order chi connectivity index (χ1) is 5.79. The van der Waals surface area contributed by atoms with Gasteiger partial charge in [-0.2, -0.15) is 0 Å². The number of anilines is 2. The van der Waals surface area contributed by atoms with Crippen LogP contribution in [0.25, 0.3) is 0 Å². The van der Waals surface area contributed by atoms with E-state index in [1.807, 2.05) is 36.4 Å². The number of rotatable bonds is 0. The molecule has 1 aromatic carbocycles. The summed E-state index contributed by atoms with van der Waals surface area (Å²) in [5.74, 6) is 0. The summed E-state index contributed by atoms with van der Waals surface area (Å²) in [6.07, 6.45) is 0. The van der Waals surface area contributed by atoms with Crippen LogP contribution in [0, 0.1) is 0 Å². The molecule has 0 fully saturated rings. The van der Waals surface area contributed by atoms with E-state index in [0.29, 0.717) is 11.4 Å². The fourth-order valence-corrected chi connectivity index (χ4v) is 0.765. The van der Waals surface area contributed by atoms with Crippen molar-refractivity contribution in [2.45, 2.75) is 0 Å². The lowest BCUT2D eigenvalue weighted by atomic mass is 10.3. The largest absolute Gasteiger partial charge is 0.399 e. The molecule has 0 aromatic heterocycles. The van der Waals surface area contributed by atoms with E-state index >= 15 is 0 Å². The number of nitrogen functional groups attached to an aromatic ring is 2. The summed E-state index contributed by atoms with van der Waals surface area (Å²) in [7, 11) is 0. The van der Waals surface area contributed by atoms with E-state index in [4.69, 9.17) is 11.5 Å². The molecule has 0 heterocycles. The quantitative estimate of drug-likeness (QED) is 0.609. The van der Waals surface area contributed by atoms with Gasteiger partial charge in [0, 0.05) is 11.4 Å². The predicted molar refractivity (Wildman–Crippen MR) is 52.9 cm³/mol. The highest BCUT2D eigenvalue weighted by Gasteiger charge is 1.75. The van der Waals surface area contributed by atoms with E-state index in [-0.39, 0.29) is 0 Å². The molecule has 0 amide bonds. The van der Waals surface area contributed by atoms with Gasteiger partial charge < -0.3 is 11.5 Å². The molecule has 62 valence electrons. The lowest BCUT2D eigenvalue weighted by Gasteiger charge is -1.86. The summed E-state index contributed by atoms with van der Waals surface area (Å²) in [6, 6.07) is 14.7. The average molecular weight is 160 g/mol. The van der Waals surface area contributed by atoms with Crippen molar-refractivity contribution < 1.29 is 0 Å². The molecule has 0 aliphatic rings. The molecule has 0 spiro atoms. The summed E-state index contributed by atoms with van der Waals surface area (Å²) in [6.45, 7) is 0. The van der Waals surface area contributed by atoms with Crippen LogP contribution in [0.4, 0.5) is 11.4 Å². The molecule has 4 N–H and O–H groups in total. The second kappa shape index (κ2) is 4.23. The standard InChI is InChI=1S/C10H12N2/c11-9-5-3-1-2-4-6-10(12)8-7-9/h1-8H,11-12H2. The van der Waals surface area contributed by atoms with Crippen molar-refractivity contribution in [2.24, 2.45) is 0 Å². The molecule has 0 aliphatic heterocycles. The Morgan fingerprint density at radius 2 is 1.00 bits per heavy atom. The van der Waals surface area contributed by atoms with Crippen molar-refractivity contribution in [3.63, 3.8) is 0 Å². The number of nitrogens with two attached hydrogens (primary N) is 2. The smallest absolute Gasteiger partial charge is 0.0314 e. The third-order valence-corrected chi connectivity index (χ3v) is 1.38. The molecule has 0 unspecified atom stereocenters. The lowest BCUT2D eigenvalue weighted by molar-refractivity contribution is 1.68. The van der Waals surface area contributed by atoms with Crippen molar-refractivity contribution >= 4 is 11.4 Å². The van der Waals surface area contributed by atoms with Crippen LogP contribution < -0.4 is 11.5 Å². The van der Waals surface area contributed by atoms with Gasteiger partial charge in [-0.05, 0) is 24.3 Å². The molecular weight excluding hydrogens is 148 g/mol. The normalized spacial score (nSPS) is 8.67. The maximum Gasteiger partial charge on any atom is 0.0314 e. The molecule has 1 rings (SSSR count). The molecule has 0 saturated heterocycles. The Labute approximate surface area is 72.2 Å². The van der Waals surface area contributed by atoms with Crippen molar-refractivity contribution in [3.05, 3.63) is 48.5 Å². The van der Waals surface area contributed by atoms with Gasteiger partial charge in [0.15, 0.2) is 0 Å². The highest BCUT2D eigenvalue weighted by Crippen LogP contribution is 1.99. The third-order valence-electron chi connectivity index (χ3n) is 1.38. The van der Waals surface area contributed by atoms with Gasteiger partial charge in [-0.1, -0.05) is 24.3 Å². The molecule has 0 radical (unpaired) electrons. The molecule has 0 saturated carbocycles. The van der Waals surface area contributed by atoms with Crippen LogP contribution in [-0.4, -0.2) is 0 Å². The summed E-state index contributed by atoms with van der Waals surface area (Å²) in [4.78, 5) is 0. The first-order valence-electron chi connectivity index (χ1n) is 3.73. The second-order valence-corrected chi connectivity index (χ2v) is 2.44. The van der Waals surface area contributed by atoms with Crippen LogP contribution in [0.5, 0.6) is 0 Å². The molecule has 0 bridgehead atoms. The zero-order chi connectivity index (χ0) is 8.81. The molecule has 2 nitrogen and oxygen atoms in total. The van der Waals surface area contributed by atoms with Gasteiger partial charge in [0.1, 0.15) is 0 Å². The van der Waals surface area contributed by atoms with Gasteiger partial charge in [0.05, 0.1) is 0 Å². The number of hydrogen-bond donors (Lipinski definition) is 2. The highest BCUT2D eigenvalue weighted by molar-refractivity contribution is 5.41. The SMILES string of the molecule is Nc1ccccccc(N)cc1. The number of hydrogen-bond acceptors (Lipinski definition) is 2. The first-order valence-corrected chi connectivity index (χ1v) is 3.73. The zero-order valence-electron chi connectivity index (χ0n) is 6.77. The van der Waals surface area contributed by atoms with Crippen LogP contribution in [-0.2, 0) is 0 Å². The van der Waals surface area contributed by atoms with Crippen molar-refractivity contribution in [1.29, 1.82) is 0 Å². The van der Waals surface area contributed by atoms with Gasteiger partial charge in [0.2, 0.25) is 0 Å². The lowest BCUT2D eigenvalue weighted by Crippen LogP contribution is -1.82. The summed E-state index contributed by atoms with van der Waals surface area (Å²) < 4.78 is 0. The van der Waals surface area contributed by atoms with Gasteiger partial charge >= 0.3 is 0 Å². The van der Waals surface area contributed by atoms with Crippen LogP contribution in [0.2, 0.25) is 0 Å². The van der Waals surface area contributed by atoms with Crippen LogP contribution >= 0.6 is 0 Å². The van der Waals surface area contributed by atoms with E-state index in [0.717, 1.165) is 0 Å². The molecule has 12 heavy (non-hydrogen) atoms. The van der Waals surface area contributed by atoms with Crippen LogP contribution in [0.1, 0.15) is 0 Å².